The van der Waals surface area contributed by atoms with E-state index in [1.807, 2.05) is 24.3 Å². The summed E-state index contributed by atoms with van der Waals surface area (Å²) in [6.45, 7) is 10.7. The van der Waals surface area contributed by atoms with Gasteiger partial charge in [0.1, 0.15) is 0 Å². The Balaban J connectivity index is 1.38. The molecule has 0 unspecified atom stereocenters. The van der Waals surface area contributed by atoms with Crippen molar-refractivity contribution in [2.24, 2.45) is 16.7 Å². The molecule has 4 nitrogen and oxygen atoms in total. The van der Waals surface area contributed by atoms with E-state index < -0.39 is 0 Å². The summed E-state index contributed by atoms with van der Waals surface area (Å²) in [5.41, 5.74) is 2.71. The molecule has 2 amide bonds. The molecule has 3 fully saturated rings. The number of urea groups is 1. The molecule has 1 N–H and O–H groups in total. The number of ether oxygens (including phenoxy) is 1. The average Bonchev–Trinajstić information content (AvgIpc) is 3.07. The molecule has 3 atom stereocenters. The van der Waals surface area contributed by atoms with Gasteiger partial charge in [0.25, 0.3) is 0 Å². The number of fused-ring (bicyclic) bond motifs is 2. The zero-order valence-corrected chi connectivity index (χ0v) is 19.4. The van der Waals surface area contributed by atoms with Crippen molar-refractivity contribution in [3.8, 4) is 0 Å². The number of rotatable bonds is 6. The lowest BCUT2D eigenvalue weighted by Gasteiger charge is -2.39. The molecule has 4 heteroatoms. The zero-order valence-electron chi connectivity index (χ0n) is 19.4. The Labute approximate surface area is 182 Å². The number of hydrogen-bond acceptors (Lipinski definition) is 2. The molecule has 0 spiro atoms. The van der Waals surface area contributed by atoms with Crippen molar-refractivity contribution in [1.82, 2.24) is 4.90 Å². The van der Waals surface area contributed by atoms with E-state index in [2.05, 4.69) is 37.9 Å². The Morgan fingerprint density at radius 2 is 1.80 bits per heavy atom. The fourth-order valence-electron chi connectivity index (χ4n) is 6.35. The molecular weight excluding hydrogens is 372 g/mol. The van der Waals surface area contributed by atoms with Gasteiger partial charge in [-0.25, -0.2) is 4.79 Å². The SMILES string of the molecule is Cc1ccc(NC(=O)N(CCO[C@@H]2C[C@H]3CC[C@]2(C)C3(C)C)C2CCCCC2)cc1. The van der Waals surface area contributed by atoms with E-state index in [4.69, 9.17) is 4.74 Å². The van der Waals surface area contributed by atoms with Crippen LogP contribution < -0.4 is 5.32 Å². The van der Waals surface area contributed by atoms with Crippen LogP contribution in [0.25, 0.3) is 0 Å². The smallest absolute Gasteiger partial charge is 0.322 e. The standard InChI is InChI=1S/C26H40N2O2/c1-19-10-12-21(13-11-19)27-24(29)28(22-8-6-5-7-9-22)16-17-30-23-18-20-14-15-26(23,4)25(20,2)3/h10-13,20,22-23H,5-9,14-18H2,1-4H3,(H,27,29)/t20-,23-,26+/m1/s1. The van der Waals surface area contributed by atoms with Crippen molar-refractivity contribution in [3.63, 3.8) is 0 Å². The molecule has 4 rings (SSSR count). The van der Waals surface area contributed by atoms with Crippen LogP contribution in [0.15, 0.2) is 24.3 Å². The molecule has 0 aliphatic heterocycles. The lowest BCUT2D eigenvalue weighted by Crippen LogP contribution is -2.46. The molecule has 0 aromatic heterocycles. The number of carbonyl (C=O) groups is 1. The second-order valence-corrected chi connectivity index (χ2v) is 10.8. The summed E-state index contributed by atoms with van der Waals surface area (Å²) in [6.07, 6.45) is 10.1. The van der Waals surface area contributed by atoms with Crippen molar-refractivity contribution in [2.45, 2.75) is 91.2 Å². The highest BCUT2D eigenvalue weighted by atomic mass is 16.5. The van der Waals surface area contributed by atoms with Gasteiger partial charge >= 0.3 is 6.03 Å². The number of anilines is 1. The van der Waals surface area contributed by atoms with Gasteiger partial charge < -0.3 is 15.0 Å². The zero-order chi connectivity index (χ0) is 21.4. The maximum Gasteiger partial charge on any atom is 0.322 e. The molecule has 2 bridgehead atoms. The molecule has 3 aliphatic carbocycles. The first kappa shape index (κ1) is 21.7. The number of benzene rings is 1. The van der Waals surface area contributed by atoms with E-state index in [9.17, 15) is 4.79 Å². The first-order valence-corrected chi connectivity index (χ1v) is 12.1. The molecule has 1 aromatic carbocycles. The van der Waals surface area contributed by atoms with Crippen molar-refractivity contribution < 1.29 is 9.53 Å². The fourth-order valence-corrected chi connectivity index (χ4v) is 6.35. The summed E-state index contributed by atoms with van der Waals surface area (Å²) < 4.78 is 6.49. The maximum atomic E-state index is 13.2. The molecule has 166 valence electrons. The number of nitrogens with one attached hydrogen (secondary N) is 1. The Morgan fingerprint density at radius 1 is 1.10 bits per heavy atom. The third kappa shape index (κ3) is 4.00. The van der Waals surface area contributed by atoms with Gasteiger partial charge in [-0.15, -0.1) is 0 Å². The number of amides is 2. The van der Waals surface area contributed by atoms with Crippen LogP contribution in [-0.2, 0) is 4.74 Å². The Kier molecular flexibility index (Phi) is 6.16. The maximum absolute atomic E-state index is 13.2. The lowest BCUT2D eigenvalue weighted by atomic mass is 9.70. The predicted octanol–water partition coefficient (Wildman–Crippen LogP) is 6.39. The number of nitrogens with zero attached hydrogens (tertiary/aromatic N) is 1. The Morgan fingerprint density at radius 3 is 2.40 bits per heavy atom. The molecule has 30 heavy (non-hydrogen) atoms. The summed E-state index contributed by atoms with van der Waals surface area (Å²) in [5, 5.41) is 3.12. The highest BCUT2D eigenvalue weighted by Crippen LogP contribution is 2.66. The van der Waals surface area contributed by atoms with Crippen LogP contribution in [0.2, 0.25) is 0 Å². The minimum Gasteiger partial charge on any atom is -0.376 e. The van der Waals surface area contributed by atoms with Gasteiger partial charge in [-0.1, -0.05) is 57.7 Å². The minimum absolute atomic E-state index is 0.0221. The molecule has 0 radical (unpaired) electrons. The van der Waals surface area contributed by atoms with Gasteiger partial charge in [-0.2, -0.15) is 0 Å². The van der Waals surface area contributed by atoms with E-state index in [0.29, 0.717) is 30.7 Å². The van der Waals surface area contributed by atoms with Crippen molar-refractivity contribution in [3.05, 3.63) is 29.8 Å². The van der Waals surface area contributed by atoms with Crippen molar-refractivity contribution >= 4 is 11.7 Å². The first-order valence-electron chi connectivity index (χ1n) is 12.1. The third-order valence-corrected chi connectivity index (χ3v) is 8.94. The summed E-state index contributed by atoms with van der Waals surface area (Å²) >= 11 is 0. The van der Waals surface area contributed by atoms with E-state index >= 15 is 0 Å². The third-order valence-electron chi connectivity index (χ3n) is 8.94. The van der Waals surface area contributed by atoms with Gasteiger partial charge in [0.05, 0.1) is 12.7 Å². The predicted molar refractivity (Wildman–Crippen MR) is 123 cm³/mol. The average molecular weight is 413 g/mol. The van der Waals surface area contributed by atoms with Crippen molar-refractivity contribution in [2.75, 3.05) is 18.5 Å². The van der Waals surface area contributed by atoms with E-state index in [-0.39, 0.29) is 11.4 Å². The molecule has 0 saturated heterocycles. The van der Waals surface area contributed by atoms with Gasteiger partial charge in [0.2, 0.25) is 0 Å². The molecule has 1 aromatic rings. The summed E-state index contributed by atoms with van der Waals surface area (Å²) in [6, 6.07) is 8.42. The lowest BCUT2D eigenvalue weighted by molar-refractivity contribution is -0.0517. The second kappa shape index (κ2) is 8.53. The molecule has 3 aliphatic rings. The van der Waals surface area contributed by atoms with Crippen LogP contribution in [-0.4, -0.2) is 36.2 Å². The largest absolute Gasteiger partial charge is 0.376 e. The fraction of sp³-hybridized carbons (Fsp3) is 0.731. The van der Waals surface area contributed by atoms with Gasteiger partial charge in [0, 0.05) is 18.3 Å². The van der Waals surface area contributed by atoms with Gasteiger partial charge in [-0.3, -0.25) is 0 Å². The quantitative estimate of drug-likeness (QED) is 0.588. The minimum atomic E-state index is 0.0221. The Bertz CT molecular complexity index is 738. The Hall–Kier alpha value is -1.55. The molecule has 3 saturated carbocycles. The highest BCUT2D eigenvalue weighted by Gasteiger charge is 2.61. The van der Waals surface area contributed by atoms with Crippen LogP contribution in [0.3, 0.4) is 0 Å². The van der Waals surface area contributed by atoms with Crippen molar-refractivity contribution in [1.29, 1.82) is 0 Å². The number of aryl methyl sites for hydroxylation is 1. The van der Waals surface area contributed by atoms with Crippen LogP contribution in [0, 0.1) is 23.7 Å². The van der Waals surface area contributed by atoms with Gasteiger partial charge in [-0.05, 0) is 67.9 Å². The van der Waals surface area contributed by atoms with Gasteiger partial charge in [0.15, 0.2) is 0 Å². The number of hydrogen-bond donors (Lipinski definition) is 1. The highest BCUT2D eigenvalue weighted by molar-refractivity contribution is 5.89. The summed E-state index contributed by atoms with van der Waals surface area (Å²) in [7, 11) is 0. The van der Waals surface area contributed by atoms with E-state index in [1.54, 1.807) is 0 Å². The summed E-state index contributed by atoms with van der Waals surface area (Å²) in [4.78, 5) is 15.2. The number of carbonyl (C=O) groups excluding carboxylic acids is 1. The van der Waals surface area contributed by atoms with Crippen LogP contribution >= 0.6 is 0 Å². The van der Waals surface area contributed by atoms with Crippen LogP contribution in [0.1, 0.15) is 77.7 Å². The van der Waals surface area contributed by atoms with E-state index in [0.717, 1.165) is 24.4 Å². The normalized spacial score (nSPS) is 30.4. The molecular formula is C26H40N2O2. The second-order valence-electron chi connectivity index (χ2n) is 10.8. The van der Waals surface area contributed by atoms with Crippen LogP contribution in [0.4, 0.5) is 10.5 Å². The topological polar surface area (TPSA) is 41.6 Å². The molecule has 0 heterocycles. The van der Waals surface area contributed by atoms with E-state index in [1.165, 1.54) is 44.1 Å². The first-order chi connectivity index (χ1) is 14.3. The summed E-state index contributed by atoms with van der Waals surface area (Å²) in [5.74, 6) is 0.784. The monoisotopic (exact) mass is 412 g/mol. The van der Waals surface area contributed by atoms with Crippen LogP contribution in [0.5, 0.6) is 0 Å².